The third-order valence-electron chi connectivity index (χ3n) is 6.44. The van der Waals surface area contributed by atoms with Gasteiger partial charge in [-0.15, -0.1) is 0 Å². The molecule has 0 aliphatic carbocycles. The molecule has 7 heteroatoms. The average molecular weight is 400 g/mol. The molecule has 3 heterocycles. The van der Waals surface area contributed by atoms with Crippen molar-refractivity contribution in [1.82, 2.24) is 21.1 Å². The van der Waals surface area contributed by atoms with E-state index < -0.39 is 0 Å². The van der Waals surface area contributed by atoms with Crippen LogP contribution < -0.4 is 21.1 Å². The molecule has 0 spiro atoms. The van der Waals surface area contributed by atoms with Crippen molar-refractivity contribution in [3.8, 4) is 0 Å². The van der Waals surface area contributed by atoms with Crippen LogP contribution in [0.4, 0.5) is 5.69 Å². The molecule has 2 amide bonds. The van der Waals surface area contributed by atoms with E-state index in [1.807, 2.05) is 0 Å². The fourth-order valence-corrected chi connectivity index (χ4v) is 4.88. The summed E-state index contributed by atoms with van der Waals surface area (Å²) >= 11 is 0. The van der Waals surface area contributed by atoms with E-state index >= 15 is 0 Å². The van der Waals surface area contributed by atoms with Gasteiger partial charge in [0.15, 0.2) is 0 Å². The van der Waals surface area contributed by atoms with Gasteiger partial charge in [-0.2, -0.15) is 0 Å². The van der Waals surface area contributed by atoms with Crippen LogP contribution in [0.5, 0.6) is 0 Å². The Balaban J connectivity index is 1.20. The molecule has 29 heavy (non-hydrogen) atoms. The van der Waals surface area contributed by atoms with Gasteiger partial charge in [0, 0.05) is 50.9 Å². The molecule has 1 aromatic carbocycles. The van der Waals surface area contributed by atoms with Crippen LogP contribution in [-0.2, 0) is 16.0 Å². The Morgan fingerprint density at radius 3 is 3.00 bits per heavy atom. The Bertz CT molecular complexity index is 725. The molecule has 2 atom stereocenters. The van der Waals surface area contributed by atoms with Gasteiger partial charge in [-0.3, -0.25) is 19.9 Å². The lowest BCUT2D eigenvalue weighted by Crippen LogP contribution is -2.57. The van der Waals surface area contributed by atoms with E-state index in [1.165, 1.54) is 24.1 Å². The van der Waals surface area contributed by atoms with E-state index in [-0.39, 0.29) is 23.8 Å². The summed E-state index contributed by atoms with van der Waals surface area (Å²) in [6.07, 6.45) is 5.80. The highest BCUT2D eigenvalue weighted by atomic mass is 16.2. The minimum atomic E-state index is 0.0319. The molecule has 2 saturated heterocycles. The monoisotopic (exact) mass is 399 g/mol. The standard InChI is InChI=1S/C22H33N5O2/c28-21-14-19(15-24-25-21)27-12-4-8-18(16-27)22(29)23-10-5-13-26-11-3-7-17-6-1-2-9-20(17)26/h1-2,6,9,18-19,24H,3-5,7-8,10-16H2,(H,23,29)(H,25,28). The molecular weight excluding hydrogens is 366 g/mol. The Kier molecular flexibility index (Phi) is 6.67. The van der Waals surface area contributed by atoms with Gasteiger partial charge in [-0.25, -0.2) is 5.43 Å². The van der Waals surface area contributed by atoms with Crippen LogP contribution in [0, 0.1) is 5.92 Å². The quantitative estimate of drug-likeness (QED) is 0.624. The molecule has 4 rings (SSSR count). The summed E-state index contributed by atoms with van der Waals surface area (Å²) in [5.74, 6) is 0.235. The van der Waals surface area contributed by atoms with Crippen molar-refractivity contribution in [3.05, 3.63) is 29.8 Å². The highest BCUT2D eigenvalue weighted by Crippen LogP contribution is 2.26. The number of hydrazine groups is 1. The van der Waals surface area contributed by atoms with Crippen LogP contribution in [0.2, 0.25) is 0 Å². The second-order valence-corrected chi connectivity index (χ2v) is 8.49. The normalized spacial score (nSPS) is 25.2. The van der Waals surface area contributed by atoms with Gasteiger partial charge in [-0.05, 0) is 50.3 Å². The summed E-state index contributed by atoms with van der Waals surface area (Å²) in [5, 5.41) is 3.16. The van der Waals surface area contributed by atoms with Gasteiger partial charge in [0.05, 0.1) is 5.92 Å². The number of fused-ring (bicyclic) bond motifs is 1. The lowest BCUT2D eigenvalue weighted by atomic mass is 9.94. The number of amides is 2. The number of carbonyl (C=O) groups excluding carboxylic acids is 2. The number of likely N-dealkylation sites (tertiary alicyclic amines) is 1. The molecule has 0 bridgehead atoms. The molecule has 1 aromatic rings. The highest BCUT2D eigenvalue weighted by Gasteiger charge is 2.32. The zero-order valence-electron chi connectivity index (χ0n) is 17.2. The van der Waals surface area contributed by atoms with Crippen LogP contribution in [0.3, 0.4) is 0 Å². The molecule has 158 valence electrons. The molecule has 3 aliphatic heterocycles. The van der Waals surface area contributed by atoms with E-state index in [9.17, 15) is 9.59 Å². The number of anilines is 1. The molecule has 3 aliphatic rings. The van der Waals surface area contributed by atoms with Crippen molar-refractivity contribution in [2.75, 3.05) is 44.2 Å². The van der Waals surface area contributed by atoms with E-state index in [2.05, 4.69) is 50.2 Å². The lowest BCUT2D eigenvalue weighted by molar-refractivity contribution is -0.128. The summed E-state index contributed by atoms with van der Waals surface area (Å²) < 4.78 is 0. The molecule has 0 radical (unpaired) electrons. The number of hydrogen-bond acceptors (Lipinski definition) is 5. The first-order valence-corrected chi connectivity index (χ1v) is 11.1. The number of hydrogen-bond donors (Lipinski definition) is 3. The van der Waals surface area contributed by atoms with E-state index in [0.29, 0.717) is 6.42 Å². The van der Waals surface area contributed by atoms with Crippen molar-refractivity contribution >= 4 is 17.5 Å². The predicted molar refractivity (Wildman–Crippen MR) is 113 cm³/mol. The lowest BCUT2D eigenvalue weighted by Gasteiger charge is -2.39. The Labute approximate surface area is 173 Å². The molecule has 2 fully saturated rings. The number of para-hydroxylation sites is 1. The van der Waals surface area contributed by atoms with Crippen LogP contribution in [0.15, 0.2) is 24.3 Å². The molecular formula is C22H33N5O2. The first kappa shape index (κ1) is 20.2. The van der Waals surface area contributed by atoms with Crippen LogP contribution >= 0.6 is 0 Å². The number of benzene rings is 1. The van der Waals surface area contributed by atoms with E-state index in [0.717, 1.165) is 58.5 Å². The molecule has 0 saturated carbocycles. The number of carbonyl (C=O) groups is 2. The van der Waals surface area contributed by atoms with Crippen molar-refractivity contribution < 1.29 is 9.59 Å². The summed E-state index contributed by atoms with van der Waals surface area (Å²) in [6, 6.07) is 8.86. The summed E-state index contributed by atoms with van der Waals surface area (Å²) in [5.41, 5.74) is 8.41. The van der Waals surface area contributed by atoms with Gasteiger partial charge in [0.1, 0.15) is 0 Å². The first-order chi connectivity index (χ1) is 14.2. The van der Waals surface area contributed by atoms with E-state index in [1.54, 1.807) is 0 Å². The molecule has 0 aromatic heterocycles. The predicted octanol–water partition coefficient (Wildman–Crippen LogP) is 1.05. The summed E-state index contributed by atoms with van der Waals surface area (Å²) in [4.78, 5) is 29.1. The third-order valence-corrected chi connectivity index (χ3v) is 6.44. The second kappa shape index (κ2) is 9.59. The maximum Gasteiger partial charge on any atom is 0.235 e. The summed E-state index contributed by atoms with van der Waals surface area (Å²) in [6.45, 7) is 5.28. The Hall–Kier alpha value is -2.12. The molecule has 2 unspecified atom stereocenters. The van der Waals surface area contributed by atoms with Crippen LogP contribution in [0.1, 0.15) is 37.7 Å². The molecule has 3 N–H and O–H groups in total. The van der Waals surface area contributed by atoms with Crippen molar-refractivity contribution in [2.24, 2.45) is 5.92 Å². The maximum absolute atomic E-state index is 12.7. The van der Waals surface area contributed by atoms with Gasteiger partial charge in [-0.1, -0.05) is 18.2 Å². The number of aryl methyl sites for hydroxylation is 1. The number of nitrogens with one attached hydrogen (secondary N) is 3. The highest BCUT2D eigenvalue weighted by molar-refractivity contribution is 5.79. The van der Waals surface area contributed by atoms with E-state index in [4.69, 9.17) is 0 Å². The number of piperidine rings is 1. The zero-order chi connectivity index (χ0) is 20.1. The van der Waals surface area contributed by atoms with Crippen LogP contribution in [-0.4, -0.2) is 62.0 Å². The van der Waals surface area contributed by atoms with Crippen LogP contribution in [0.25, 0.3) is 0 Å². The summed E-state index contributed by atoms with van der Waals surface area (Å²) in [7, 11) is 0. The fraction of sp³-hybridized carbons (Fsp3) is 0.636. The maximum atomic E-state index is 12.7. The van der Waals surface area contributed by atoms with Crippen molar-refractivity contribution in [1.29, 1.82) is 0 Å². The third kappa shape index (κ3) is 5.08. The minimum Gasteiger partial charge on any atom is -0.371 e. The van der Waals surface area contributed by atoms with Gasteiger partial charge >= 0.3 is 0 Å². The van der Waals surface area contributed by atoms with Gasteiger partial charge in [0.25, 0.3) is 0 Å². The fourth-order valence-electron chi connectivity index (χ4n) is 4.88. The zero-order valence-corrected chi connectivity index (χ0v) is 17.2. The number of rotatable bonds is 6. The van der Waals surface area contributed by atoms with Crippen molar-refractivity contribution in [3.63, 3.8) is 0 Å². The number of nitrogens with zero attached hydrogens (tertiary/aromatic N) is 2. The average Bonchev–Trinajstić information content (AvgIpc) is 2.77. The van der Waals surface area contributed by atoms with Gasteiger partial charge in [0.2, 0.25) is 11.8 Å². The minimum absolute atomic E-state index is 0.0319. The van der Waals surface area contributed by atoms with Crippen molar-refractivity contribution in [2.45, 2.75) is 44.6 Å². The second-order valence-electron chi connectivity index (χ2n) is 8.49. The largest absolute Gasteiger partial charge is 0.371 e. The SMILES string of the molecule is O=C1CC(N2CCCC(C(=O)NCCCN3CCCc4ccccc43)C2)CNN1. The first-order valence-electron chi connectivity index (χ1n) is 11.1. The molecule has 7 nitrogen and oxygen atoms in total. The topological polar surface area (TPSA) is 76.7 Å². The smallest absolute Gasteiger partial charge is 0.235 e. The van der Waals surface area contributed by atoms with Gasteiger partial charge < -0.3 is 10.2 Å². The Morgan fingerprint density at radius 2 is 2.10 bits per heavy atom. The Morgan fingerprint density at radius 1 is 1.21 bits per heavy atom.